The van der Waals surface area contributed by atoms with Crippen LogP contribution in [0.3, 0.4) is 0 Å². The average molecular weight is 279 g/mol. The summed E-state index contributed by atoms with van der Waals surface area (Å²) in [4.78, 5) is 11.9. The summed E-state index contributed by atoms with van der Waals surface area (Å²) in [5.41, 5.74) is 2.40. The van der Waals surface area contributed by atoms with Gasteiger partial charge in [-0.25, -0.2) is 0 Å². The molecule has 4 nitrogen and oxygen atoms in total. The van der Waals surface area contributed by atoms with Crippen LogP contribution in [-0.4, -0.2) is 12.5 Å². The number of carbonyl (C=O) groups is 1. The first kappa shape index (κ1) is 14.8. The van der Waals surface area contributed by atoms with E-state index in [0.717, 1.165) is 5.56 Å². The molecule has 0 aromatic heterocycles. The Balaban J connectivity index is 1.83. The Morgan fingerprint density at radius 2 is 1.81 bits per heavy atom. The Labute approximate surface area is 124 Å². The zero-order chi connectivity index (χ0) is 15.1. The van der Waals surface area contributed by atoms with Gasteiger partial charge >= 0.3 is 0 Å². The second kappa shape index (κ2) is 7.22. The number of amides is 1. The Kier molecular flexibility index (Phi) is 5.08. The predicted octanol–water partition coefficient (Wildman–Crippen LogP) is 2.85. The maximum absolute atomic E-state index is 11.9. The largest absolute Gasteiger partial charge is 0.325 e. The Morgan fingerprint density at radius 3 is 2.43 bits per heavy atom. The molecule has 0 aliphatic carbocycles. The highest BCUT2D eigenvalue weighted by molar-refractivity contribution is 5.92. The average Bonchev–Trinajstić information content (AvgIpc) is 2.54. The van der Waals surface area contributed by atoms with Crippen LogP contribution in [0.4, 0.5) is 5.69 Å². The van der Waals surface area contributed by atoms with Crippen LogP contribution in [0.5, 0.6) is 0 Å². The van der Waals surface area contributed by atoms with E-state index >= 15 is 0 Å². The summed E-state index contributed by atoms with van der Waals surface area (Å²) < 4.78 is 0. The quantitative estimate of drug-likeness (QED) is 0.884. The molecule has 21 heavy (non-hydrogen) atoms. The fourth-order valence-corrected chi connectivity index (χ4v) is 1.94. The summed E-state index contributed by atoms with van der Waals surface area (Å²) in [5.74, 6) is -0.109. The third kappa shape index (κ3) is 4.44. The van der Waals surface area contributed by atoms with Crippen molar-refractivity contribution < 1.29 is 4.79 Å². The molecule has 0 saturated carbocycles. The van der Waals surface area contributed by atoms with Crippen molar-refractivity contribution in [3.63, 3.8) is 0 Å². The van der Waals surface area contributed by atoms with E-state index < -0.39 is 0 Å². The molecule has 0 bridgehead atoms. The lowest BCUT2D eigenvalue weighted by molar-refractivity contribution is -0.115. The van der Waals surface area contributed by atoms with Crippen molar-refractivity contribution in [3.8, 4) is 6.07 Å². The van der Waals surface area contributed by atoms with Crippen LogP contribution >= 0.6 is 0 Å². The summed E-state index contributed by atoms with van der Waals surface area (Å²) in [5, 5.41) is 14.7. The lowest BCUT2D eigenvalue weighted by atomic mass is 10.1. The van der Waals surface area contributed by atoms with Gasteiger partial charge in [0.1, 0.15) is 0 Å². The lowest BCUT2D eigenvalue weighted by Crippen LogP contribution is -2.30. The van der Waals surface area contributed by atoms with Crippen LogP contribution in [0.15, 0.2) is 54.6 Å². The van der Waals surface area contributed by atoms with Crippen LogP contribution in [0.1, 0.15) is 24.1 Å². The molecule has 1 amide bonds. The molecule has 4 heteroatoms. The first-order chi connectivity index (χ1) is 10.2. The molecule has 0 aliphatic rings. The summed E-state index contributed by atoms with van der Waals surface area (Å²) in [6.07, 6.45) is 0. The lowest BCUT2D eigenvalue weighted by Gasteiger charge is -2.14. The Morgan fingerprint density at radius 1 is 1.14 bits per heavy atom. The number of nitrogens with zero attached hydrogens (tertiary/aromatic N) is 1. The van der Waals surface area contributed by atoms with E-state index in [2.05, 4.69) is 10.6 Å². The summed E-state index contributed by atoms with van der Waals surface area (Å²) in [6.45, 7) is 2.25. The molecule has 0 heterocycles. The molecule has 0 aliphatic heterocycles. The maximum atomic E-state index is 11.9. The van der Waals surface area contributed by atoms with E-state index in [0.29, 0.717) is 11.3 Å². The molecule has 106 valence electrons. The Hall–Kier alpha value is -2.64. The van der Waals surface area contributed by atoms with Gasteiger partial charge < -0.3 is 10.6 Å². The fraction of sp³-hybridized carbons (Fsp3) is 0.176. The monoisotopic (exact) mass is 279 g/mol. The summed E-state index contributed by atoms with van der Waals surface area (Å²) in [6, 6.07) is 18.9. The van der Waals surface area contributed by atoms with Gasteiger partial charge in [0.05, 0.1) is 18.2 Å². The molecule has 0 saturated heterocycles. The zero-order valence-electron chi connectivity index (χ0n) is 11.8. The molecule has 0 unspecified atom stereocenters. The van der Waals surface area contributed by atoms with Gasteiger partial charge in [0.2, 0.25) is 5.91 Å². The first-order valence-corrected chi connectivity index (χ1v) is 6.77. The maximum Gasteiger partial charge on any atom is 0.238 e. The van der Waals surface area contributed by atoms with Crippen LogP contribution in [0.25, 0.3) is 0 Å². The number of carbonyl (C=O) groups excluding carboxylic acids is 1. The van der Waals surface area contributed by atoms with Gasteiger partial charge in [-0.05, 0) is 36.8 Å². The normalized spacial score (nSPS) is 11.4. The van der Waals surface area contributed by atoms with Crippen molar-refractivity contribution in [2.75, 3.05) is 11.9 Å². The van der Waals surface area contributed by atoms with E-state index in [1.54, 1.807) is 24.3 Å². The summed E-state index contributed by atoms with van der Waals surface area (Å²) in [7, 11) is 0. The van der Waals surface area contributed by atoms with E-state index in [4.69, 9.17) is 5.26 Å². The number of benzene rings is 2. The predicted molar refractivity (Wildman–Crippen MR) is 82.6 cm³/mol. The number of nitriles is 1. The molecule has 2 aromatic carbocycles. The van der Waals surface area contributed by atoms with Gasteiger partial charge in [0.15, 0.2) is 0 Å². The van der Waals surface area contributed by atoms with Gasteiger partial charge in [-0.15, -0.1) is 0 Å². The number of anilines is 1. The molecule has 2 N–H and O–H groups in total. The van der Waals surface area contributed by atoms with E-state index in [1.165, 1.54) is 0 Å². The van der Waals surface area contributed by atoms with E-state index in [-0.39, 0.29) is 18.5 Å². The van der Waals surface area contributed by atoms with Crippen molar-refractivity contribution in [1.29, 1.82) is 5.26 Å². The van der Waals surface area contributed by atoms with Crippen molar-refractivity contribution in [2.45, 2.75) is 13.0 Å². The molecular formula is C17H17N3O. The number of hydrogen-bond donors (Lipinski definition) is 2. The standard InChI is InChI=1S/C17H17N3O/c1-13(15-5-3-2-4-6-15)19-12-17(21)20-16-9-7-14(11-18)8-10-16/h2-10,13,19H,12H2,1H3,(H,20,21)/t13-/m1/s1. The highest BCUT2D eigenvalue weighted by Crippen LogP contribution is 2.11. The second-order valence-electron chi connectivity index (χ2n) is 4.75. The smallest absolute Gasteiger partial charge is 0.238 e. The molecule has 0 radical (unpaired) electrons. The van der Waals surface area contributed by atoms with Crippen molar-refractivity contribution in [2.24, 2.45) is 0 Å². The number of nitrogens with one attached hydrogen (secondary N) is 2. The van der Waals surface area contributed by atoms with Gasteiger partial charge in [-0.2, -0.15) is 5.26 Å². The topological polar surface area (TPSA) is 64.9 Å². The van der Waals surface area contributed by atoms with Gasteiger partial charge in [-0.1, -0.05) is 30.3 Å². The second-order valence-corrected chi connectivity index (χ2v) is 4.75. The molecule has 1 atom stereocenters. The highest BCUT2D eigenvalue weighted by Gasteiger charge is 2.07. The van der Waals surface area contributed by atoms with Crippen molar-refractivity contribution in [1.82, 2.24) is 5.32 Å². The fourth-order valence-electron chi connectivity index (χ4n) is 1.94. The SMILES string of the molecule is C[C@@H](NCC(=O)Nc1ccc(C#N)cc1)c1ccccc1. The molecule has 2 aromatic rings. The van der Waals surface area contributed by atoms with Crippen molar-refractivity contribution in [3.05, 3.63) is 65.7 Å². The molecule has 2 rings (SSSR count). The van der Waals surface area contributed by atoms with Gasteiger partial charge in [-0.3, -0.25) is 4.79 Å². The van der Waals surface area contributed by atoms with E-state index in [1.807, 2.05) is 43.3 Å². The number of rotatable bonds is 5. The zero-order valence-corrected chi connectivity index (χ0v) is 11.8. The molecule has 0 spiro atoms. The molecular weight excluding hydrogens is 262 g/mol. The first-order valence-electron chi connectivity index (χ1n) is 6.77. The van der Waals surface area contributed by atoms with Crippen LogP contribution in [0, 0.1) is 11.3 Å². The van der Waals surface area contributed by atoms with Gasteiger partial charge in [0, 0.05) is 11.7 Å². The van der Waals surface area contributed by atoms with Crippen molar-refractivity contribution >= 4 is 11.6 Å². The molecule has 0 fully saturated rings. The van der Waals surface area contributed by atoms with Crippen LogP contribution in [0.2, 0.25) is 0 Å². The Bertz CT molecular complexity index is 629. The van der Waals surface area contributed by atoms with Gasteiger partial charge in [0.25, 0.3) is 0 Å². The van der Waals surface area contributed by atoms with Crippen LogP contribution < -0.4 is 10.6 Å². The third-order valence-corrected chi connectivity index (χ3v) is 3.17. The summed E-state index contributed by atoms with van der Waals surface area (Å²) >= 11 is 0. The minimum absolute atomic E-state index is 0.109. The van der Waals surface area contributed by atoms with Crippen LogP contribution in [-0.2, 0) is 4.79 Å². The minimum atomic E-state index is -0.109. The highest BCUT2D eigenvalue weighted by atomic mass is 16.1. The minimum Gasteiger partial charge on any atom is -0.325 e. The number of hydrogen-bond acceptors (Lipinski definition) is 3. The van der Waals surface area contributed by atoms with E-state index in [9.17, 15) is 4.79 Å². The third-order valence-electron chi connectivity index (χ3n) is 3.17.